The Labute approximate surface area is 164 Å². The highest BCUT2D eigenvalue weighted by molar-refractivity contribution is 7.91. The summed E-state index contributed by atoms with van der Waals surface area (Å²) < 4.78 is 27.1. The van der Waals surface area contributed by atoms with E-state index in [1.807, 2.05) is 25.1 Å². The van der Waals surface area contributed by atoms with E-state index in [-0.39, 0.29) is 6.03 Å². The highest BCUT2D eigenvalue weighted by Crippen LogP contribution is 2.25. The minimum Gasteiger partial charge on any atom is -0.338 e. The predicted molar refractivity (Wildman–Crippen MR) is 108 cm³/mol. The number of rotatable bonds is 5. The maximum Gasteiger partial charge on any atom is 0.317 e. The molecular formula is C19H25N3O3S2. The van der Waals surface area contributed by atoms with Crippen LogP contribution in [0.4, 0.5) is 4.79 Å². The van der Waals surface area contributed by atoms with Gasteiger partial charge in [-0.1, -0.05) is 24.3 Å². The minimum absolute atomic E-state index is 0.132. The van der Waals surface area contributed by atoms with E-state index in [1.54, 1.807) is 11.0 Å². The van der Waals surface area contributed by atoms with E-state index >= 15 is 0 Å². The van der Waals surface area contributed by atoms with Crippen LogP contribution in [0.3, 0.4) is 0 Å². The van der Waals surface area contributed by atoms with Gasteiger partial charge < -0.3 is 10.2 Å². The number of hydrogen-bond donors (Lipinski definition) is 1. The fourth-order valence-electron chi connectivity index (χ4n) is 3.12. The molecule has 0 aliphatic carbocycles. The van der Waals surface area contributed by atoms with Crippen molar-refractivity contribution in [3.63, 3.8) is 0 Å². The Morgan fingerprint density at radius 1 is 1.07 bits per heavy atom. The molecule has 0 saturated carbocycles. The van der Waals surface area contributed by atoms with Crippen molar-refractivity contribution in [2.24, 2.45) is 0 Å². The maximum atomic E-state index is 12.7. The second-order valence-corrected chi connectivity index (χ2v) is 10.1. The lowest BCUT2D eigenvalue weighted by Crippen LogP contribution is -2.53. The topological polar surface area (TPSA) is 69.7 Å². The third-order valence-electron chi connectivity index (χ3n) is 4.77. The average Bonchev–Trinajstić information content (AvgIpc) is 3.10. The SMILES string of the molecule is Cc1ccc(S(=O)(=O)N2CCN(C(=O)NCCc3ccccc3C)CC2)s1. The molecule has 0 bridgehead atoms. The highest BCUT2D eigenvalue weighted by Gasteiger charge is 2.30. The molecule has 1 aromatic heterocycles. The molecule has 1 aliphatic heterocycles. The second-order valence-electron chi connectivity index (χ2n) is 6.66. The molecule has 2 heterocycles. The molecule has 8 heteroatoms. The molecule has 0 atom stereocenters. The number of urea groups is 1. The number of carbonyl (C=O) groups is 1. The Hall–Kier alpha value is -1.90. The number of sulfonamides is 1. The molecule has 1 N–H and O–H groups in total. The lowest BCUT2D eigenvalue weighted by atomic mass is 10.1. The van der Waals surface area contributed by atoms with Crippen LogP contribution in [0.15, 0.2) is 40.6 Å². The second kappa shape index (κ2) is 8.41. The number of amides is 2. The van der Waals surface area contributed by atoms with Crippen LogP contribution < -0.4 is 5.32 Å². The van der Waals surface area contributed by atoms with Gasteiger partial charge in [-0.3, -0.25) is 0 Å². The van der Waals surface area contributed by atoms with Crippen LogP contribution in [0.2, 0.25) is 0 Å². The van der Waals surface area contributed by atoms with Gasteiger partial charge in [-0.15, -0.1) is 11.3 Å². The van der Waals surface area contributed by atoms with Crippen molar-refractivity contribution in [2.75, 3.05) is 32.7 Å². The van der Waals surface area contributed by atoms with Gasteiger partial charge >= 0.3 is 6.03 Å². The number of aryl methyl sites for hydroxylation is 2. The van der Waals surface area contributed by atoms with Crippen molar-refractivity contribution in [3.8, 4) is 0 Å². The summed E-state index contributed by atoms with van der Waals surface area (Å²) >= 11 is 1.28. The number of hydrogen-bond acceptors (Lipinski definition) is 4. The molecule has 1 saturated heterocycles. The average molecular weight is 408 g/mol. The van der Waals surface area contributed by atoms with Crippen molar-refractivity contribution < 1.29 is 13.2 Å². The Kier molecular flexibility index (Phi) is 6.18. The van der Waals surface area contributed by atoms with Crippen LogP contribution >= 0.6 is 11.3 Å². The van der Waals surface area contributed by atoms with Crippen molar-refractivity contribution in [1.82, 2.24) is 14.5 Å². The zero-order valence-corrected chi connectivity index (χ0v) is 17.3. The highest BCUT2D eigenvalue weighted by atomic mass is 32.2. The van der Waals surface area contributed by atoms with E-state index in [4.69, 9.17) is 0 Å². The summed E-state index contributed by atoms with van der Waals surface area (Å²) in [5, 5.41) is 2.94. The quantitative estimate of drug-likeness (QED) is 0.828. The number of piperazine rings is 1. The van der Waals surface area contributed by atoms with Crippen molar-refractivity contribution >= 4 is 27.4 Å². The van der Waals surface area contributed by atoms with Gasteiger partial charge in [-0.25, -0.2) is 13.2 Å². The molecule has 1 aliphatic rings. The van der Waals surface area contributed by atoms with Crippen LogP contribution in [0.5, 0.6) is 0 Å². The monoisotopic (exact) mass is 407 g/mol. The van der Waals surface area contributed by atoms with Crippen molar-refractivity contribution in [2.45, 2.75) is 24.5 Å². The number of thiophene rings is 1. The van der Waals surface area contributed by atoms with E-state index < -0.39 is 10.0 Å². The van der Waals surface area contributed by atoms with Gasteiger partial charge in [0.15, 0.2) is 0 Å². The van der Waals surface area contributed by atoms with Gasteiger partial charge in [0.1, 0.15) is 4.21 Å². The van der Waals surface area contributed by atoms with Crippen molar-refractivity contribution in [3.05, 3.63) is 52.4 Å². The number of carbonyl (C=O) groups excluding carboxylic acids is 1. The maximum absolute atomic E-state index is 12.7. The Morgan fingerprint density at radius 2 is 1.78 bits per heavy atom. The van der Waals surface area contributed by atoms with Gasteiger partial charge in [0, 0.05) is 37.6 Å². The van der Waals surface area contributed by atoms with Crippen LogP contribution in [0, 0.1) is 13.8 Å². The first-order chi connectivity index (χ1) is 12.9. The largest absolute Gasteiger partial charge is 0.338 e. The van der Waals surface area contributed by atoms with Crippen molar-refractivity contribution in [1.29, 1.82) is 0 Å². The lowest BCUT2D eigenvalue weighted by molar-refractivity contribution is 0.172. The van der Waals surface area contributed by atoms with Crippen LogP contribution in [0.25, 0.3) is 0 Å². The molecule has 2 aromatic rings. The van der Waals surface area contributed by atoms with E-state index in [0.717, 1.165) is 11.3 Å². The van der Waals surface area contributed by atoms with Gasteiger partial charge in [0.25, 0.3) is 10.0 Å². The third-order valence-corrected chi connectivity index (χ3v) is 8.13. The summed E-state index contributed by atoms with van der Waals surface area (Å²) in [6.07, 6.45) is 0.782. The first-order valence-electron chi connectivity index (χ1n) is 9.02. The van der Waals surface area contributed by atoms with E-state index in [0.29, 0.717) is 36.9 Å². The Morgan fingerprint density at radius 3 is 2.41 bits per heavy atom. The summed E-state index contributed by atoms with van der Waals surface area (Å²) in [6, 6.07) is 11.5. The fourth-order valence-corrected chi connectivity index (χ4v) is 5.98. The normalized spacial score (nSPS) is 15.7. The number of benzene rings is 1. The fraction of sp³-hybridized carbons (Fsp3) is 0.421. The number of nitrogens with zero attached hydrogens (tertiary/aromatic N) is 2. The standard InChI is InChI=1S/C19H25N3O3S2/c1-15-5-3-4-6-17(15)9-10-20-19(23)21-11-13-22(14-12-21)27(24,25)18-8-7-16(2)26-18/h3-8H,9-14H2,1-2H3,(H,20,23). The van der Waals surface area contributed by atoms with Gasteiger partial charge in [0.05, 0.1) is 0 Å². The molecular weight excluding hydrogens is 382 g/mol. The summed E-state index contributed by atoms with van der Waals surface area (Å²) in [5.74, 6) is 0. The van der Waals surface area contributed by atoms with E-state index in [9.17, 15) is 13.2 Å². The Bertz CT molecular complexity index is 900. The van der Waals surface area contributed by atoms with Crippen LogP contribution in [0.1, 0.15) is 16.0 Å². The van der Waals surface area contributed by atoms with Crippen LogP contribution in [-0.4, -0.2) is 56.4 Å². The third kappa shape index (κ3) is 4.69. The summed E-state index contributed by atoms with van der Waals surface area (Å²) in [6.45, 7) is 5.97. The molecule has 2 amide bonds. The summed E-state index contributed by atoms with van der Waals surface area (Å²) in [4.78, 5) is 15.0. The molecule has 0 radical (unpaired) electrons. The molecule has 1 fully saturated rings. The molecule has 146 valence electrons. The van der Waals surface area contributed by atoms with Gasteiger partial charge in [0.2, 0.25) is 0 Å². The molecule has 0 spiro atoms. The number of nitrogens with one attached hydrogen (secondary N) is 1. The lowest BCUT2D eigenvalue weighted by Gasteiger charge is -2.33. The minimum atomic E-state index is -3.45. The van der Waals surface area contributed by atoms with E-state index in [1.165, 1.54) is 26.8 Å². The smallest absolute Gasteiger partial charge is 0.317 e. The molecule has 27 heavy (non-hydrogen) atoms. The molecule has 3 rings (SSSR count). The van der Waals surface area contributed by atoms with Crippen LogP contribution in [-0.2, 0) is 16.4 Å². The molecule has 0 unspecified atom stereocenters. The molecule has 1 aromatic carbocycles. The molecule has 6 nitrogen and oxygen atoms in total. The predicted octanol–water partition coefficient (Wildman–Crippen LogP) is 2.62. The zero-order chi connectivity index (χ0) is 19.4. The first-order valence-corrected chi connectivity index (χ1v) is 11.3. The Balaban J connectivity index is 1.48. The zero-order valence-electron chi connectivity index (χ0n) is 15.6. The van der Waals surface area contributed by atoms with Gasteiger partial charge in [-0.2, -0.15) is 4.31 Å². The first kappa shape index (κ1) is 19.9. The van der Waals surface area contributed by atoms with Gasteiger partial charge in [-0.05, 0) is 43.5 Å². The summed E-state index contributed by atoms with van der Waals surface area (Å²) in [5.41, 5.74) is 2.44. The van der Waals surface area contributed by atoms with E-state index in [2.05, 4.69) is 24.4 Å². The summed E-state index contributed by atoms with van der Waals surface area (Å²) in [7, 11) is -3.45.